The quantitative estimate of drug-likeness (QED) is 0.942. The molecule has 0 saturated heterocycles. The minimum atomic E-state index is 0.0795. The molecule has 4 unspecified atom stereocenters. The zero-order valence-corrected chi connectivity index (χ0v) is 14.2. The number of carbonyl (C=O) groups excluding carboxylic acids is 1. The van der Waals surface area contributed by atoms with Crippen LogP contribution in [0.1, 0.15) is 48.0 Å². The molecule has 2 fully saturated rings. The SMILES string of the molecule is Cc1nn(C)c2sc(C(=O)NC(C)C3CC4CCC3C4)cc12. The Hall–Kier alpha value is -1.36. The van der Waals surface area contributed by atoms with Crippen LogP contribution in [-0.2, 0) is 7.05 Å². The molecule has 5 heteroatoms. The van der Waals surface area contributed by atoms with E-state index in [0.29, 0.717) is 5.92 Å². The molecular formula is C17H23N3OS. The first-order chi connectivity index (χ1) is 10.5. The van der Waals surface area contributed by atoms with Crippen LogP contribution in [0.25, 0.3) is 10.2 Å². The number of hydrogen-bond acceptors (Lipinski definition) is 3. The fourth-order valence-corrected chi connectivity index (χ4v) is 5.63. The van der Waals surface area contributed by atoms with Crippen molar-refractivity contribution in [1.29, 1.82) is 0 Å². The summed E-state index contributed by atoms with van der Waals surface area (Å²) < 4.78 is 1.87. The van der Waals surface area contributed by atoms with Gasteiger partial charge in [0.1, 0.15) is 4.83 Å². The molecule has 2 aromatic rings. The first kappa shape index (κ1) is 14.2. The minimum Gasteiger partial charge on any atom is -0.349 e. The standard InChI is InChI=1S/C17H23N3OS/c1-9(13-7-11-4-5-12(13)6-11)18-16(21)15-8-14-10(2)19-20(3)17(14)22-15/h8-9,11-13H,4-7H2,1-3H3,(H,18,21). The summed E-state index contributed by atoms with van der Waals surface area (Å²) in [5.41, 5.74) is 0.994. The molecule has 4 nitrogen and oxygen atoms in total. The molecule has 2 aromatic heterocycles. The minimum absolute atomic E-state index is 0.0795. The summed E-state index contributed by atoms with van der Waals surface area (Å²) in [5.74, 6) is 2.53. The van der Waals surface area contributed by atoms with E-state index in [4.69, 9.17) is 0 Å². The largest absolute Gasteiger partial charge is 0.349 e. The predicted octanol–water partition coefficient (Wildman–Crippen LogP) is 3.50. The summed E-state index contributed by atoms with van der Waals surface area (Å²) in [6.07, 6.45) is 5.47. The number of hydrogen-bond donors (Lipinski definition) is 1. The molecule has 22 heavy (non-hydrogen) atoms. The van der Waals surface area contributed by atoms with Crippen molar-refractivity contribution in [1.82, 2.24) is 15.1 Å². The maximum absolute atomic E-state index is 12.6. The first-order valence-electron chi connectivity index (χ1n) is 8.27. The van der Waals surface area contributed by atoms with E-state index < -0.39 is 0 Å². The van der Waals surface area contributed by atoms with E-state index >= 15 is 0 Å². The molecule has 4 rings (SSSR count). The topological polar surface area (TPSA) is 46.9 Å². The van der Waals surface area contributed by atoms with E-state index in [1.807, 2.05) is 24.7 Å². The van der Waals surface area contributed by atoms with Crippen molar-refractivity contribution < 1.29 is 4.79 Å². The second-order valence-electron chi connectivity index (χ2n) is 7.14. The van der Waals surface area contributed by atoms with Crippen LogP contribution in [0.3, 0.4) is 0 Å². The Balaban J connectivity index is 1.50. The molecule has 2 aliphatic carbocycles. The van der Waals surface area contributed by atoms with Crippen molar-refractivity contribution >= 4 is 27.5 Å². The smallest absolute Gasteiger partial charge is 0.261 e. The molecule has 0 aromatic carbocycles. The third kappa shape index (κ3) is 2.18. The number of aryl methyl sites for hydroxylation is 2. The number of aromatic nitrogens is 2. The van der Waals surface area contributed by atoms with E-state index in [1.54, 1.807) is 11.3 Å². The summed E-state index contributed by atoms with van der Waals surface area (Å²) in [4.78, 5) is 14.5. The van der Waals surface area contributed by atoms with Crippen LogP contribution in [0, 0.1) is 24.7 Å². The van der Waals surface area contributed by atoms with Gasteiger partial charge in [-0.1, -0.05) is 6.42 Å². The number of nitrogens with zero attached hydrogens (tertiary/aromatic N) is 2. The molecule has 0 aliphatic heterocycles. The van der Waals surface area contributed by atoms with Crippen LogP contribution < -0.4 is 5.32 Å². The highest BCUT2D eigenvalue weighted by molar-refractivity contribution is 7.20. The molecule has 0 radical (unpaired) electrons. The number of nitrogens with one attached hydrogen (secondary N) is 1. The second kappa shape index (κ2) is 5.08. The Kier molecular flexibility index (Phi) is 3.29. The maximum atomic E-state index is 12.6. The van der Waals surface area contributed by atoms with E-state index in [1.165, 1.54) is 25.7 Å². The van der Waals surface area contributed by atoms with Gasteiger partial charge in [0.15, 0.2) is 0 Å². The summed E-state index contributed by atoms with van der Waals surface area (Å²) in [5, 5.41) is 8.75. The van der Waals surface area contributed by atoms with Crippen LogP contribution in [-0.4, -0.2) is 21.7 Å². The fraction of sp³-hybridized carbons (Fsp3) is 0.647. The molecular weight excluding hydrogens is 294 g/mol. The number of amides is 1. The van der Waals surface area contributed by atoms with Gasteiger partial charge in [0.25, 0.3) is 5.91 Å². The molecule has 2 aliphatic rings. The van der Waals surface area contributed by atoms with Gasteiger partial charge in [-0.2, -0.15) is 5.10 Å². The zero-order valence-electron chi connectivity index (χ0n) is 13.4. The number of fused-ring (bicyclic) bond motifs is 3. The number of rotatable bonds is 3. The van der Waals surface area contributed by atoms with Crippen LogP contribution in [0.2, 0.25) is 0 Å². The van der Waals surface area contributed by atoms with E-state index in [0.717, 1.165) is 32.6 Å². The van der Waals surface area contributed by atoms with E-state index in [-0.39, 0.29) is 11.9 Å². The van der Waals surface area contributed by atoms with Gasteiger partial charge in [-0.3, -0.25) is 9.48 Å². The lowest BCUT2D eigenvalue weighted by Gasteiger charge is -2.28. The Labute approximate surface area is 134 Å². The average Bonchev–Trinajstić information content (AvgIpc) is 3.23. The third-order valence-corrected chi connectivity index (χ3v) is 6.91. The van der Waals surface area contributed by atoms with E-state index in [9.17, 15) is 4.79 Å². The Morgan fingerprint density at radius 2 is 2.27 bits per heavy atom. The average molecular weight is 317 g/mol. The lowest BCUT2D eigenvalue weighted by atomic mass is 9.84. The Bertz CT molecular complexity index is 697. The van der Waals surface area contributed by atoms with Crippen LogP contribution in [0.15, 0.2) is 6.07 Å². The maximum Gasteiger partial charge on any atom is 0.261 e. The summed E-state index contributed by atoms with van der Waals surface area (Å²) >= 11 is 1.54. The molecule has 0 spiro atoms. The van der Waals surface area contributed by atoms with Crippen LogP contribution in [0.5, 0.6) is 0 Å². The van der Waals surface area contributed by atoms with Crippen molar-refractivity contribution in [3.8, 4) is 0 Å². The monoisotopic (exact) mass is 317 g/mol. The zero-order chi connectivity index (χ0) is 15.4. The highest BCUT2D eigenvalue weighted by atomic mass is 32.1. The van der Waals surface area contributed by atoms with Crippen LogP contribution >= 0.6 is 11.3 Å². The Morgan fingerprint density at radius 1 is 1.45 bits per heavy atom. The van der Waals surface area contributed by atoms with Gasteiger partial charge in [0, 0.05) is 18.5 Å². The summed E-state index contributed by atoms with van der Waals surface area (Å²) in [6, 6.07) is 2.28. The molecule has 118 valence electrons. The first-order valence-corrected chi connectivity index (χ1v) is 9.08. The molecule has 2 saturated carbocycles. The van der Waals surface area contributed by atoms with E-state index in [2.05, 4.69) is 17.3 Å². The molecule has 1 N–H and O–H groups in total. The number of carbonyl (C=O) groups is 1. The summed E-state index contributed by atoms with van der Waals surface area (Å²) in [6.45, 7) is 4.18. The van der Waals surface area contributed by atoms with Crippen molar-refractivity contribution in [3.63, 3.8) is 0 Å². The van der Waals surface area contributed by atoms with Crippen molar-refractivity contribution in [2.45, 2.75) is 45.6 Å². The normalized spacial score (nSPS) is 28.4. The van der Waals surface area contributed by atoms with Gasteiger partial charge in [-0.05, 0) is 56.9 Å². The molecule has 4 atom stereocenters. The lowest BCUT2D eigenvalue weighted by Crippen LogP contribution is -2.39. The predicted molar refractivity (Wildman–Crippen MR) is 89.2 cm³/mol. The van der Waals surface area contributed by atoms with Gasteiger partial charge >= 0.3 is 0 Å². The van der Waals surface area contributed by atoms with Gasteiger partial charge in [0.05, 0.1) is 10.6 Å². The third-order valence-electron chi connectivity index (χ3n) is 5.71. The van der Waals surface area contributed by atoms with Crippen molar-refractivity contribution in [2.75, 3.05) is 0 Å². The highest BCUT2D eigenvalue weighted by Gasteiger charge is 2.42. The molecule has 2 heterocycles. The van der Waals surface area contributed by atoms with Gasteiger partial charge < -0.3 is 5.32 Å². The number of thiophene rings is 1. The fourth-order valence-electron chi connectivity index (χ4n) is 4.61. The molecule has 2 bridgehead atoms. The van der Waals surface area contributed by atoms with Crippen LogP contribution in [0.4, 0.5) is 0 Å². The van der Waals surface area contributed by atoms with Gasteiger partial charge in [-0.25, -0.2) is 0 Å². The van der Waals surface area contributed by atoms with Crippen molar-refractivity contribution in [3.05, 3.63) is 16.6 Å². The molecule has 1 amide bonds. The lowest BCUT2D eigenvalue weighted by molar-refractivity contribution is 0.0919. The Morgan fingerprint density at radius 3 is 2.91 bits per heavy atom. The van der Waals surface area contributed by atoms with Gasteiger partial charge in [0.2, 0.25) is 0 Å². The van der Waals surface area contributed by atoms with Gasteiger partial charge in [-0.15, -0.1) is 11.3 Å². The second-order valence-corrected chi connectivity index (χ2v) is 8.17. The summed E-state index contributed by atoms with van der Waals surface area (Å²) in [7, 11) is 1.94. The van der Waals surface area contributed by atoms with Crippen molar-refractivity contribution in [2.24, 2.45) is 24.8 Å². The highest BCUT2D eigenvalue weighted by Crippen LogP contribution is 2.49.